The third kappa shape index (κ3) is 11.1. The smallest absolute Gasteiger partial charge is 0.399 e. The summed E-state index contributed by atoms with van der Waals surface area (Å²) in [6.07, 6.45) is 1.57. The fourth-order valence-electron chi connectivity index (χ4n) is 10.3. The van der Waals surface area contributed by atoms with Crippen LogP contribution in [0, 0.1) is 19.8 Å². The molecular formula is C63H58N2O8P2S2. The van der Waals surface area contributed by atoms with Crippen molar-refractivity contribution in [1.29, 1.82) is 0 Å². The lowest BCUT2D eigenvalue weighted by Gasteiger charge is -2.47. The summed E-state index contributed by atoms with van der Waals surface area (Å²) in [5, 5.41) is 7.75. The van der Waals surface area contributed by atoms with Gasteiger partial charge in [0.05, 0.1) is 9.79 Å². The van der Waals surface area contributed by atoms with Crippen LogP contribution in [0.5, 0.6) is 23.0 Å². The zero-order chi connectivity index (χ0) is 53.3. The Balaban J connectivity index is 0.988. The maximum Gasteiger partial charge on any atom is 0.399 e. The lowest BCUT2D eigenvalue weighted by Crippen LogP contribution is -2.52. The van der Waals surface area contributed by atoms with Gasteiger partial charge in [0.1, 0.15) is 23.0 Å². The third-order valence-electron chi connectivity index (χ3n) is 14.5. The van der Waals surface area contributed by atoms with E-state index >= 15 is 16.8 Å². The molecule has 0 saturated heterocycles. The lowest BCUT2D eigenvalue weighted by atomic mass is 9.76. The highest BCUT2D eigenvalue weighted by Crippen LogP contribution is 2.57. The first-order valence-electron chi connectivity index (χ1n) is 25.7. The molecule has 10 aromatic carbocycles. The van der Waals surface area contributed by atoms with Crippen LogP contribution in [-0.2, 0) is 20.0 Å². The number of aryl methyl sites for hydroxylation is 2. The van der Waals surface area contributed by atoms with Crippen LogP contribution in [0.25, 0.3) is 43.1 Å². The molecule has 1 aliphatic rings. The van der Waals surface area contributed by atoms with Gasteiger partial charge in [0.25, 0.3) is 20.0 Å². The molecule has 0 aromatic heterocycles. The van der Waals surface area contributed by atoms with Gasteiger partial charge in [0.15, 0.2) is 0 Å². The van der Waals surface area contributed by atoms with Crippen LogP contribution in [0.4, 0.5) is 0 Å². The summed E-state index contributed by atoms with van der Waals surface area (Å²) < 4.78 is 93.1. The summed E-state index contributed by atoms with van der Waals surface area (Å²) in [5.74, 6) is 1.49. The van der Waals surface area contributed by atoms with Gasteiger partial charge < -0.3 is 18.1 Å². The van der Waals surface area contributed by atoms with Crippen molar-refractivity contribution in [3.05, 3.63) is 230 Å². The highest BCUT2D eigenvalue weighted by atomic mass is 32.2. The average molecular weight is 1100 g/mol. The second kappa shape index (κ2) is 21.9. The van der Waals surface area contributed by atoms with Gasteiger partial charge in [0, 0.05) is 11.6 Å². The van der Waals surface area contributed by atoms with Crippen LogP contribution in [-0.4, -0.2) is 36.6 Å². The predicted octanol–water partition coefficient (Wildman–Crippen LogP) is 16.7. The quantitative estimate of drug-likeness (QED) is 0.0829. The number of nitrogens with zero attached hydrogens (tertiary/aromatic N) is 2. The first-order chi connectivity index (χ1) is 37.2. The Labute approximate surface area is 453 Å². The van der Waals surface area contributed by atoms with Crippen LogP contribution in [0.15, 0.2) is 228 Å². The Kier molecular flexibility index (Phi) is 14.8. The number of fused-ring (bicyclic) bond motifs is 4. The largest absolute Gasteiger partial charge is 0.426 e. The molecule has 1 saturated carbocycles. The molecule has 0 amide bonds. The Hall–Kier alpha value is -6.88. The summed E-state index contributed by atoms with van der Waals surface area (Å²) in [6.45, 7) is 7.71. The molecule has 10 aromatic rings. The van der Waals surface area contributed by atoms with E-state index in [-0.39, 0.29) is 15.7 Å². The molecule has 1 aliphatic carbocycles. The van der Waals surface area contributed by atoms with Crippen LogP contribution in [0.2, 0.25) is 0 Å². The fourth-order valence-corrected chi connectivity index (χ4v) is 18.0. The van der Waals surface area contributed by atoms with Crippen LogP contribution >= 0.6 is 17.1 Å². The van der Waals surface area contributed by atoms with Crippen molar-refractivity contribution < 1.29 is 34.9 Å². The third-order valence-corrected chi connectivity index (χ3v) is 23.0. The second-order valence-corrected chi connectivity index (χ2v) is 26.8. The summed E-state index contributed by atoms with van der Waals surface area (Å²) in [6, 6.07) is 67.7. The van der Waals surface area contributed by atoms with Crippen molar-refractivity contribution >= 4 is 80.2 Å². The van der Waals surface area contributed by atoms with E-state index in [2.05, 4.69) is 0 Å². The molecule has 390 valence electrons. The van der Waals surface area contributed by atoms with Gasteiger partial charge in [-0.05, 0) is 175 Å². The average Bonchev–Trinajstić information content (AvgIpc) is 3.47. The molecule has 0 bridgehead atoms. The van der Waals surface area contributed by atoms with Crippen LogP contribution in [0.1, 0.15) is 50.7 Å². The molecule has 77 heavy (non-hydrogen) atoms. The standard InChI is InChI=1S/C63H58N2O8P2S2/c1-45-21-37-61(38-22-45)76(66,67)64(74(70-57-33-25-47-13-5-9-17-51(47)41-57)71-58-34-26-48-14-6-10-18-52(48)42-58)56-31-29-55(30-32-56)63(3,4)65(77(68,69)62-39-23-46(2)24-40-62)75(72-59-35-27-49-15-7-11-19-53(49)43-59)73-60-36-28-50-16-8-12-20-54(50)44-60/h5-28,33-44,55-56H,29-32H2,1-4H3. The van der Waals surface area contributed by atoms with Gasteiger partial charge in [-0.1, -0.05) is 161 Å². The van der Waals surface area contributed by atoms with Crippen molar-refractivity contribution in [2.45, 2.75) is 74.7 Å². The van der Waals surface area contributed by atoms with Gasteiger partial charge in [0.2, 0.25) is 0 Å². The molecular weight excluding hydrogens is 1040 g/mol. The van der Waals surface area contributed by atoms with Gasteiger partial charge in [-0.25, -0.2) is 16.8 Å². The number of rotatable bonds is 17. The number of benzene rings is 10. The maximum atomic E-state index is 15.7. The Morgan fingerprint density at radius 3 is 1.05 bits per heavy atom. The van der Waals surface area contributed by atoms with Gasteiger partial charge in [-0.15, -0.1) is 4.08 Å². The monoisotopic (exact) mass is 1100 g/mol. The molecule has 0 spiro atoms. The predicted molar refractivity (Wildman–Crippen MR) is 312 cm³/mol. The maximum absolute atomic E-state index is 15.7. The molecule has 1 fully saturated rings. The van der Waals surface area contributed by atoms with Crippen molar-refractivity contribution in [2.75, 3.05) is 0 Å². The van der Waals surface area contributed by atoms with E-state index in [4.69, 9.17) is 18.1 Å². The van der Waals surface area contributed by atoms with Crippen LogP contribution in [0.3, 0.4) is 0 Å². The normalized spacial score (nSPS) is 15.5. The van der Waals surface area contributed by atoms with E-state index in [1.54, 1.807) is 48.5 Å². The van der Waals surface area contributed by atoms with Gasteiger partial charge in [-0.2, -0.15) is 0 Å². The molecule has 11 rings (SSSR count). The summed E-state index contributed by atoms with van der Waals surface area (Å²) in [5.41, 5.74) is 0.650. The molecule has 0 N–H and O–H groups in total. The first kappa shape index (κ1) is 52.2. The molecule has 0 heterocycles. The van der Waals surface area contributed by atoms with Crippen molar-refractivity contribution in [2.24, 2.45) is 5.92 Å². The van der Waals surface area contributed by atoms with E-state index in [0.29, 0.717) is 48.7 Å². The molecule has 0 unspecified atom stereocenters. The molecule has 0 radical (unpaired) electrons. The number of hydrogen-bond acceptors (Lipinski definition) is 8. The van der Waals surface area contributed by atoms with Gasteiger partial charge >= 0.3 is 17.1 Å². The molecule has 14 heteroatoms. The highest BCUT2D eigenvalue weighted by molar-refractivity contribution is 7.94. The fraction of sp³-hybridized carbons (Fsp3) is 0.175. The molecule has 0 atom stereocenters. The first-order valence-corrected chi connectivity index (χ1v) is 30.8. The van der Waals surface area contributed by atoms with E-state index in [9.17, 15) is 0 Å². The number of hydrogen-bond donors (Lipinski definition) is 0. The SMILES string of the molecule is Cc1ccc(S(=O)(=O)N(C2CCC(C(C)(C)N(P(Oc3ccc4ccccc4c3)Oc3ccc4ccccc4c3)S(=O)(=O)c3ccc(C)cc3)CC2)P(Oc2ccc3ccccc3c2)Oc2ccc3ccccc3c2)cc1. The van der Waals surface area contributed by atoms with E-state index in [1.165, 1.54) is 8.15 Å². The van der Waals surface area contributed by atoms with Crippen molar-refractivity contribution in [3.8, 4) is 23.0 Å². The Morgan fingerprint density at radius 1 is 0.390 bits per heavy atom. The van der Waals surface area contributed by atoms with Crippen molar-refractivity contribution in [1.82, 2.24) is 8.15 Å². The van der Waals surface area contributed by atoms with E-state index in [1.807, 2.05) is 198 Å². The van der Waals surface area contributed by atoms with E-state index < -0.39 is 48.7 Å². The van der Waals surface area contributed by atoms with Gasteiger partial charge in [-0.3, -0.25) is 0 Å². The molecule has 10 nitrogen and oxygen atoms in total. The van der Waals surface area contributed by atoms with Crippen molar-refractivity contribution in [3.63, 3.8) is 0 Å². The lowest BCUT2D eigenvalue weighted by molar-refractivity contribution is 0.135. The topological polar surface area (TPSA) is 112 Å². The summed E-state index contributed by atoms with van der Waals surface area (Å²) >= 11 is 0. The van der Waals surface area contributed by atoms with E-state index in [0.717, 1.165) is 54.2 Å². The highest BCUT2D eigenvalue weighted by Gasteiger charge is 2.53. The zero-order valence-corrected chi connectivity index (χ0v) is 46.6. The molecule has 0 aliphatic heterocycles. The minimum atomic E-state index is -4.39. The second-order valence-electron chi connectivity index (χ2n) is 20.2. The Morgan fingerprint density at radius 2 is 0.701 bits per heavy atom. The minimum absolute atomic E-state index is 0.0965. The zero-order valence-electron chi connectivity index (χ0n) is 43.1. The Bertz CT molecular complexity index is 3820. The minimum Gasteiger partial charge on any atom is -0.426 e. The summed E-state index contributed by atoms with van der Waals surface area (Å²) in [7, 11) is -13.6. The summed E-state index contributed by atoms with van der Waals surface area (Å²) in [4.78, 5) is 0.208. The number of sulfonamides is 2. The van der Waals surface area contributed by atoms with Crippen LogP contribution < -0.4 is 18.1 Å².